The summed E-state index contributed by atoms with van der Waals surface area (Å²) in [5, 5.41) is 0. The topological polar surface area (TPSA) is 22.4 Å². The summed E-state index contributed by atoms with van der Waals surface area (Å²) < 4.78 is 10.8. The Bertz CT molecular complexity index is 789. The van der Waals surface area contributed by atoms with Crippen molar-refractivity contribution in [1.29, 1.82) is 0 Å². The van der Waals surface area contributed by atoms with Crippen LogP contribution in [0.2, 0.25) is 0 Å². The van der Waals surface area contributed by atoms with Gasteiger partial charge in [0.25, 0.3) is 5.95 Å². The maximum absolute atomic E-state index is 5.42. The summed E-state index contributed by atoms with van der Waals surface area (Å²) in [4.78, 5) is 0. The van der Waals surface area contributed by atoms with Gasteiger partial charge in [0, 0.05) is 11.6 Å². The highest BCUT2D eigenvalue weighted by Gasteiger charge is 2.27. The first-order valence-corrected chi connectivity index (χ1v) is 8.43. The Kier molecular flexibility index (Phi) is 5.20. The van der Waals surface area contributed by atoms with E-state index in [0.29, 0.717) is 12.6 Å². The van der Waals surface area contributed by atoms with Crippen LogP contribution in [0.3, 0.4) is 0 Å². The van der Waals surface area contributed by atoms with Gasteiger partial charge in [-0.15, -0.1) is 6.58 Å². The van der Waals surface area contributed by atoms with Crippen molar-refractivity contribution in [2.75, 3.05) is 6.61 Å². The molecule has 25 heavy (non-hydrogen) atoms. The van der Waals surface area contributed by atoms with E-state index in [9.17, 15) is 0 Å². The van der Waals surface area contributed by atoms with Crippen molar-refractivity contribution in [1.82, 2.24) is 0 Å². The van der Waals surface area contributed by atoms with Crippen molar-refractivity contribution in [2.45, 2.75) is 12.3 Å². The molecule has 0 spiro atoms. The van der Waals surface area contributed by atoms with Gasteiger partial charge < -0.3 is 9.15 Å². The standard InChI is InChI=1S/C23H22O2/c1-3-23(20-11-7-5-8-12-20,21-13-9-6-10-14-21)16-15-19-17-22(24-4-2)25-18-19/h3,5-18H,1,4H2,2H3/b16-15+. The molecule has 2 heteroatoms. The maximum atomic E-state index is 5.42. The monoisotopic (exact) mass is 330 g/mol. The van der Waals surface area contributed by atoms with Crippen LogP contribution in [0.1, 0.15) is 23.6 Å². The zero-order valence-electron chi connectivity index (χ0n) is 14.4. The van der Waals surface area contributed by atoms with Crippen LogP contribution in [0, 0.1) is 0 Å². The molecule has 0 N–H and O–H groups in total. The number of ether oxygens (including phenoxy) is 1. The first-order chi connectivity index (χ1) is 12.3. The molecule has 3 rings (SSSR count). The fourth-order valence-corrected chi connectivity index (χ4v) is 2.95. The van der Waals surface area contributed by atoms with Crippen LogP contribution in [-0.2, 0) is 5.41 Å². The normalized spacial score (nSPS) is 11.6. The summed E-state index contributed by atoms with van der Waals surface area (Å²) in [6.45, 7) is 6.65. The molecule has 0 aliphatic carbocycles. The van der Waals surface area contributed by atoms with Gasteiger partial charge in [0.2, 0.25) is 0 Å². The molecule has 0 aliphatic rings. The summed E-state index contributed by atoms with van der Waals surface area (Å²) >= 11 is 0. The number of hydrogen-bond donors (Lipinski definition) is 0. The summed E-state index contributed by atoms with van der Waals surface area (Å²) in [6, 6.07) is 22.6. The number of benzene rings is 2. The van der Waals surface area contributed by atoms with Crippen molar-refractivity contribution < 1.29 is 9.15 Å². The Morgan fingerprint density at radius 3 is 2.12 bits per heavy atom. The second-order valence-electron chi connectivity index (χ2n) is 5.77. The molecule has 0 bridgehead atoms. The van der Waals surface area contributed by atoms with Gasteiger partial charge in [-0.25, -0.2) is 0 Å². The molecule has 0 atom stereocenters. The van der Waals surface area contributed by atoms with E-state index in [0.717, 1.165) is 5.56 Å². The van der Waals surface area contributed by atoms with E-state index in [4.69, 9.17) is 9.15 Å². The van der Waals surface area contributed by atoms with Crippen molar-refractivity contribution in [3.63, 3.8) is 0 Å². The molecule has 0 amide bonds. The fraction of sp³-hybridized carbons (Fsp3) is 0.130. The van der Waals surface area contributed by atoms with Gasteiger partial charge in [-0.3, -0.25) is 0 Å². The molecule has 0 unspecified atom stereocenters. The summed E-state index contributed by atoms with van der Waals surface area (Å²) in [7, 11) is 0. The van der Waals surface area contributed by atoms with Crippen molar-refractivity contribution >= 4 is 6.08 Å². The smallest absolute Gasteiger partial charge is 0.284 e. The lowest BCUT2D eigenvalue weighted by atomic mass is 9.74. The number of furan rings is 1. The molecular weight excluding hydrogens is 308 g/mol. The van der Waals surface area contributed by atoms with E-state index < -0.39 is 5.41 Å². The predicted octanol–water partition coefficient (Wildman–Crippen LogP) is 5.86. The molecular formula is C23H22O2. The van der Waals surface area contributed by atoms with Crippen molar-refractivity contribution in [3.05, 3.63) is 108 Å². The molecule has 1 aromatic heterocycles. The van der Waals surface area contributed by atoms with Crippen molar-refractivity contribution in [2.24, 2.45) is 0 Å². The Hall–Kier alpha value is -3.00. The molecule has 2 aromatic carbocycles. The molecule has 0 saturated carbocycles. The lowest BCUT2D eigenvalue weighted by Crippen LogP contribution is -2.22. The van der Waals surface area contributed by atoms with Crippen LogP contribution < -0.4 is 4.74 Å². The van der Waals surface area contributed by atoms with Gasteiger partial charge in [-0.05, 0) is 18.1 Å². The Balaban J connectivity index is 2.04. The van der Waals surface area contributed by atoms with Crippen LogP contribution in [0.25, 0.3) is 6.08 Å². The molecule has 126 valence electrons. The molecule has 0 radical (unpaired) electrons. The van der Waals surface area contributed by atoms with Crippen LogP contribution in [0.4, 0.5) is 0 Å². The van der Waals surface area contributed by atoms with Gasteiger partial charge in [0.1, 0.15) is 6.26 Å². The maximum Gasteiger partial charge on any atom is 0.284 e. The van der Waals surface area contributed by atoms with Gasteiger partial charge in [-0.2, -0.15) is 0 Å². The zero-order chi connectivity index (χ0) is 17.5. The number of rotatable bonds is 7. The minimum absolute atomic E-state index is 0.411. The van der Waals surface area contributed by atoms with Crippen molar-refractivity contribution in [3.8, 4) is 5.95 Å². The van der Waals surface area contributed by atoms with Gasteiger partial charge in [0.15, 0.2) is 0 Å². The number of allylic oxidation sites excluding steroid dienone is 2. The second-order valence-corrected chi connectivity index (χ2v) is 5.77. The second kappa shape index (κ2) is 7.71. The van der Waals surface area contributed by atoms with Gasteiger partial charge >= 0.3 is 0 Å². The average molecular weight is 330 g/mol. The molecule has 2 nitrogen and oxygen atoms in total. The Morgan fingerprint density at radius 1 is 1.00 bits per heavy atom. The minimum Gasteiger partial charge on any atom is -0.465 e. The quantitative estimate of drug-likeness (QED) is 0.506. The third-order valence-electron chi connectivity index (χ3n) is 4.25. The Labute approximate surface area is 149 Å². The van der Waals surface area contributed by atoms with E-state index in [1.165, 1.54) is 11.1 Å². The fourth-order valence-electron chi connectivity index (χ4n) is 2.95. The van der Waals surface area contributed by atoms with E-state index in [1.807, 2.05) is 37.3 Å². The summed E-state index contributed by atoms with van der Waals surface area (Å²) in [6.07, 6.45) is 7.89. The van der Waals surface area contributed by atoms with E-state index in [-0.39, 0.29) is 0 Å². The zero-order valence-corrected chi connectivity index (χ0v) is 14.4. The largest absolute Gasteiger partial charge is 0.465 e. The van der Waals surface area contributed by atoms with E-state index in [2.05, 4.69) is 61.2 Å². The van der Waals surface area contributed by atoms with E-state index in [1.54, 1.807) is 6.26 Å². The van der Waals surface area contributed by atoms with Crippen LogP contribution in [0.15, 0.2) is 96.1 Å². The molecule has 1 heterocycles. The summed E-state index contributed by atoms with van der Waals surface area (Å²) in [5.41, 5.74) is 2.88. The van der Waals surface area contributed by atoms with Crippen LogP contribution in [0.5, 0.6) is 5.95 Å². The summed E-state index contributed by atoms with van der Waals surface area (Å²) in [5.74, 6) is 0.533. The highest BCUT2D eigenvalue weighted by Crippen LogP contribution is 2.36. The highest BCUT2D eigenvalue weighted by molar-refractivity contribution is 5.58. The van der Waals surface area contributed by atoms with Crippen LogP contribution in [-0.4, -0.2) is 6.61 Å². The Morgan fingerprint density at radius 2 is 1.60 bits per heavy atom. The predicted molar refractivity (Wildman–Crippen MR) is 103 cm³/mol. The first kappa shape index (κ1) is 16.8. The highest BCUT2D eigenvalue weighted by atomic mass is 16.6. The minimum atomic E-state index is -0.411. The van der Waals surface area contributed by atoms with Gasteiger partial charge in [-0.1, -0.05) is 78.9 Å². The first-order valence-electron chi connectivity index (χ1n) is 8.43. The average Bonchev–Trinajstić information content (AvgIpc) is 3.12. The van der Waals surface area contributed by atoms with Crippen LogP contribution >= 0.6 is 0 Å². The molecule has 0 fully saturated rings. The lowest BCUT2D eigenvalue weighted by molar-refractivity contribution is 0.257. The molecule has 0 saturated heterocycles. The molecule has 0 aliphatic heterocycles. The molecule has 3 aromatic rings. The van der Waals surface area contributed by atoms with Gasteiger partial charge in [0.05, 0.1) is 12.0 Å². The van der Waals surface area contributed by atoms with E-state index >= 15 is 0 Å². The lowest BCUT2D eigenvalue weighted by Gasteiger charge is -2.28. The third-order valence-corrected chi connectivity index (χ3v) is 4.25. The number of hydrogen-bond acceptors (Lipinski definition) is 2. The third kappa shape index (κ3) is 3.58. The SMILES string of the molecule is C=CC(/C=C/c1coc(OCC)c1)(c1ccccc1)c1ccccc1.